The van der Waals surface area contributed by atoms with Crippen molar-refractivity contribution >= 4 is 21.8 Å². The van der Waals surface area contributed by atoms with Gasteiger partial charge in [-0.2, -0.15) is 0 Å². The normalized spacial score (nSPS) is 11.2. The number of hydrogen-bond donors (Lipinski definition) is 0. The molecule has 178 valence electrons. The van der Waals surface area contributed by atoms with Gasteiger partial charge in [0, 0.05) is 33.0 Å². The second-order valence-corrected chi connectivity index (χ2v) is 9.20. The molecule has 4 aromatic carbocycles. The third kappa shape index (κ3) is 4.08. The lowest BCUT2D eigenvalue weighted by Crippen LogP contribution is -1.91. The summed E-state index contributed by atoms with van der Waals surface area (Å²) in [6.45, 7) is 0. The predicted molar refractivity (Wildman–Crippen MR) is 154 cm³/mol. The third-order valence-corrected chi connectivity index (χ3v) is 6.79. The van der Waals surface area contributed by atoms with Crippen molar-refractivity contribution < 1.29 is 0 Å². The highest BCUT2D eigenvalue weighted by molar-refractivity contribution is 6.04. The molecule has 0 saturated heterocycles. The van der Waals surface area contributed by atoms with E-state index in [2.05, 4.69) is 82.8 Å². The van der Waals surface area contributed by atoms with Crippen molar-refractivity contribution in [2.45, 2.75) is 0 Å². The van der Waals surface area contributed by atoms with Crippen LogP contribution >= 0.6 is 0 Å². The highest BCUT2D eigenvalue weighted by atomic mass is 14.8. The van der Waals surface area contributed by atoms with Gasteiger partial charge in [0.2, 0.25) is 0 Å². The van der Waals surface area contributed by atoms with E-state index >= 15 is 0 Å². The van der Waals surface area contributed by atoms with Crippen LogP contribution in [0.4, 0.5) is 0 Å². The Morgan fingerprint density at radius 2 is 0.684 bits per heavy atom. The molecule has 3 heterocycles. The standard InChI is InChI=1S/C34H22N4/c1-3-7-23(8-4-1)29-19-17-27-15-16-28-18-20-30(38-34(28)33(27)37-29)25-11-13-26(14-12-25)32-22-35-31(21-36-32)24-9-5-2-6-10-24/h1-22H. The van der Waals surface area contributed by atoms with E-state index in [0.717, 1.165) is 66.8 Å². The van der Waals surface area contributed by atoms with Crippen LogP contribution < -0.4 is 0 Å². The fraction of sp³-hybridized carbons (Fsp3) is 0. The summed E-state index contributed by atoms with van der Waals surface area (Å²) in [4.78, 5) is 19.3. The number of hydrogen-bond acceptors (Lipinski definition) is 4. The van der Waals surface area contributed by atoms with Crippen LogP contribution in [0, 0.1) is 0 Å². The Bertz CT molecular complexity index is 1880. The highest BCUT2D eigenvalue weighted by Crippen LogP contribution is 2.29. The first-order valence-electron chi connectivity index (χ1n) is 12.6. The first-order chi connectivity index (χ1) is 18.8. The van der Waals surface area contributed by atoms with Gasteiger partial charge in [-0.15, -0.1) is 0 Å². The Morgan fingerprint density at radius 1 is 0.316 bits per heavy atom. The smallest absolute Gasteiger partial charge is 0.0972 e. The lowest BCUT2D eigenvalue weighted by atomic mass is 10.0. The summed E-state index contributed by atoms with van der Waals surface area (Å²) in [5.74, 6) is 0. The van der Waals surface area contributed by atoms with E-state index in [1.54, 1.807) is 0 Å². The molecular weight excluding hydrogens is 464 g/mol. The molecule has 4 heteroatoms. The van der Waals surface area contributed by atoms with Crippen LogP contribution in [-0.4, -0.2) is 19.9 Å². The van der Waals surface area contributed by atoms with E-state index in [9.17, 15) is 0 Å². The molecule has 7 rings (SSSR count). The third-order valence-electron chi connectivity index (χ3n) is 6.79. The van der Waals surface area contributed by atoms with Gasteiger partial charge in [-0.25, -0.2) is 9.97 Å². The Labute approximate surface area is 220 Å². The summed E-state index contributed by atoms with van der Waals surface area (Å²) in [5.41, 5.74) is 9.59. The fourth-order valence-electron chi connectivity index (χ4n) is 4.75. The quantitative estimate of drug-likeness (QED) is 0.235. The fourth-order valence-corrected chi connectivity index (χ4v) is 4.75. The molecule has 0 aliphatic carbocycles. The lowest BCUT2D eigenvalue weighted by Gasteiger charge is -2.09. The monoisotopic (exact) mass is 486 g/mol. The van der Waals surface area contributed by atoms with Crippen molar-refractivity contribution in [3.63, 3.8) is 0 Å². The molecule has 0 aliphatic rings. The van der Waals surface area contributed by atoms with Crippen LogP contribution in [0.25, 0.3) is 66.8 Å². The van der Waals surface area contributed by atoms with Crippen molar-refractivity contribution in [1.82, 2.24) is 19.9 Å². The maximum atomic E-state index is 5.07. The zero-order chi connectivity index (χ0) is 25.3. The van der Waals surface area contributed by atoms with Crippen LogP contribution in [0.15, 0.2) is 134 Å². The number of benzene rings is 4. The summed E-state index contributed by atoms with van der Waals surface area (Å²) >= 11 is 0. The van der Waals surface area contributed by atoms with Gasteiger partial charge in [0.1, 0.15) is 0 Å². The van der Waals surface area contributed by atoms with E-state index in [1.165, 1.54) is 0 Å². The van der Waals surface area contributed by atoms with Gasteiger partial charge in [0.05, 0.1) is 46.2 Å². The SMILES string of the molecule is c1ccc(-c2cnc(-c3ccc(-c4ccc5ccc6ccc(-c7ccccc7)nc6c5n4)cc3)cn2)cc1. The average molecular weight is 487 g/mol. The zero-order valence-electron chi connectivity index (χ0n) is 20.5. The first kappa shape index (κ1) is 22.0. The summed E-state index contributed by atoms with van der Waals surface area (Å²) < 4.78 is 0. The molecule has 0 spiro atoms. The zero-order valence-corrected chi connectivity index (χ0v) is 20.5. The van der Waals surface area contributed by atoms with Crippen molar-refractivity contribution in [3.05, 3.63) is 134 Å². The van der Waals surface area contributed by atoms with Gasteiger partial charge in [0.15, 0.2) is 0 Å². The molecular formula is C34H22N4. The minimum atomic E-state index is 0.839. The minimum Gasteiger partial charge on any atom is -0.252 e. The molecule has 7 aromatic rings. The van der Waals surface area contributed by atoms with E-state index < -0.39 is 0 Å². The Morgan fingerprint density at radius 3 is 1.13 bits per heavy atom. The van der Waals surface area contributed by atoms with Crippen molar-refractivity contribution in [2.75, 3.05) is 0 Å². The maximum absolute atomic E-state index is 5.07. The molecule has 0 amide bonds. The van der Waals surface area contributed by atoms with Crippen molar-refractivity contribution in [3.8, 4) is 45.0 Å². The first-order valence-corrected chi connectivity index (χ1v) is 12.6. The second kappa shape index (κ2) is 9.34. The van der Waals surface area contributed by atoms with Gasteiger partial charge in [-0.05, 0) is 12.1 Å². The molecule has 0 fully saturated rings. The molecule has 4 nitrogen and oxygen atoms in total. The number of fused-ring (bicyclic) bond motifs is 3. The molecule has 38 heavy (non-hydrogen) atoms. The molecule has 0 radical (unpaired) electrons. The van der Waals surface area contributed by atoms with E-state index in [-0.39, 0.29) is 0 Å². The van der Waals surface area contributed by atoms with Crippen LogP contribution in [0.3, 0.4) is 0 Å². The molecule has 0 bridgehead atoms. The Balaban J connectivity index is 1.23. The molecule has 0 unspecified atom stereocenters. The van der Waals surface area contributed by atoms with Crippen molar-refractivity contribution in [2.24, 2.45) is 0 Å². The van der Waals surface area contributed by atoms with Gasteiger partial charge in [0.25, 0.3) is 0 Å². The van der Waals surface area contributed by atoms with Crippen LogP contribution in [0.2, 0.25) is 0 Å². The lowest BCUT2D eigenvalue weighted by molar-refractivity contribution is 1.21. The van der Waals surface area contributed by atoms with E-state index in [4.69, 9.17) is 9.97 Å². The number of rotatable bonds is 4. The summed E-state index contributed by atoms with van der Waals surface area (Å²) in [7, 11) is 0. The average Bonchev–Trinajstić information content (AvgIpc) is 3.01. The molecule has 0 saturated carbocycles. The second-order valence-electron chi connectivity index (χ2n) is 9.20. The highest BCUT2D eigenvalue weighted by Gasteiger charge is 2.10. The number of pyridine rings is 2. The minimum absolute atomic E-state index is 0.839. The van der Waals surface area contributed by atoms with E-state index in [1.807, 2.05) is 60.9 Å². The molecule has 0 atom stereocenters. The van der Waals surface area contributed by atoms with Crippen LogP contribution in [0.5, 0.6) is 0 Å². The molecule has 0 N–H and O–H groups in total. The number of nitrogens with zero attached hydrogens (tertiary/aromatic N) is 4. The molecule has 3 aromatic heterocycles. The van der Waals surface area contributed by atoms with Crippen LogP contribution in [0.1, 0.15) is 0 Å². The Hall–Kier alpha value is -5.22. The van der Waals surface area contributed by atoms with Crippen molar-refractivity contribution in [1.29, 1.82) is 0 Å². The van der Waals surface area contributed by atoms with Crippen LogP contribution in [-0.2, 0) is 0 Å². The van der Waals surface area contributed by atoms with E-state index in [0.29, 0.717) is 0 Å². The predicted octanol–water partition coefficient (Wildman–Crippen LogP) is 8.24. The van der Waals surface area contributed by atoms with Gasteiger partial charge >= 0.3 is 0 Å². The van der Waals surface area contributed by atoms with Gasteiger partial charge in [-0.3, -0.25) is 9.97 Å². The Kier molecular flexibility index (Phi) is 5.41. The number of aromatic nitrogens is 4. The largest absolute Gasteiger partial charge is 0.252 e. The molecule has 0 aliphatic heterocycles. The summed E-state index contributed by atoms with van der Waals surface area (Å²) in [6, 6.07) is 41.3. The van der Waals surface area contributed by atoms with Gasteiger partial charge < -0.3 is 0 Å². The summed E-state index contributed by atoms with van der Waals surface area (Å²) in [6.07, 6.45) is 3.65. The van der Waals surface area contributed by atoms with Gasteiger partial charge in [-0.1, -0.05) is 109 Å². The summed E-state index contributed by atoms with van der Waals surface area (Å²) in [5, 5.41) is 2.15. The maximum Gasteiger partial charge on any atom is 0.0972 e. The topological polar surface area (TPSA) is 51.6 Å².